The van der Waals surface area contributed by atoms with Crippen molar-refractivity contribution in [3.63, 3.8) is 0 Å². The van der Waals surface area contributed by atoms with E-state index in [-0.39, 0.29) is 11.5 Å². The van der Waals surface area contributed by atoms with Crippen LogP contribution in [0, 0.1) is 6.92 Å². The summed E-state index contributed by atoms with van der Waals surface area (Å²) in [5, 5.41) is 0. The Labute approximate surface area is 154 Å². The summed E-state index contributed by atoms with van der Waals surface area (Å²) in [6, 6.07) is 10.8. The van der Waals surface area contributed by atoms with Crippen molar-refractivity contribution in [2.45, 2.75) is 24.8 Å². The molecular formula is C17H16F3NO5S. The number of ether oxygens (including phenoxy) is 2. The monoisotopic (exact) mass is 403 g/mol. The van der Waals surface area contributed by atoms with Crippen LogP contribution >= 0.6 is 0 Å². The summed E-state index contributed by atoms with van der Waals surface area (Å²) >= 11 is 0. The van der Waals surface area contributed by atoms with E-state index in [1.54, 1.807) is 12.1 Å². The van der Waals surface area contributed by atoms with Gasteiger partial charge in [-0.3, -0.25) is 4.79 Å². The van der Waals surface area contributed by atoms with E-state index in [0.29, 0.717) is 0 Å². The van der Waals surface area contributed by atoms with Crippen LogP contribution in [0.1, 0.15) is 11.1 Å². The van der Waals surface area contributed by atoms with Crippen molar-refractivity contribution in [1.82, 2.24) is 4.72 Å². The van der Waals surface area contributed by atoms with Crippen molar-refractivity contribution in [3.05, 3.63) is 59.7 Å². The van der Waals surface area contributed by atoms with Crippen LogP contribution in [0.4, 0.5) is 13.2 Å². The lowest BCUT2D eigenvalue weighted by Gasteiger charge is -2.10. The molecule has 0 radical (unpaired) electrons. The molecule has 27 heavy (non-hydrogen) atoms. The molecule has 0 fully saturated rings. The molecule has 0 saturated heterocycles. The van der Waals surface area contributed by atoms with E-state index in [0.717, 1.165) is 35.4 Å². The van der Waals surface area contributed by atoms with Gasteiger partial charge in [-0.2, -0.15) is 4.72 Å². The highest BCUT2D eigenvalue weighted by Crippen LogP contribution is 2.23. The quantitative estimate of drug-likeness (QED) is 0.719. The van der Waals surface area contributed by atoms with Crippen molar-refractivity contribution >= 4 is 16.0 Å². The number of esters is 1. The van der Waals surface area contributed by atoms with Crippen molar-refractivity contribution in [1.29, 1.82) is 0 Å². The normalized spacial score (nSPS) is 11.9. The van der Waals surface area contributed by atoms with Gasteiger partial charge in [-0.05, 0) is 36.8 Å². The number of nitrogens with one attached hydrogen (secondary N) is 1. The molecule has 6 nitrogen and oxygen atoms in total. The summed E-state index contributed by atoms with van der Waals surface area (Å²) in [7, 11) is -4.09. The summed E-state index contributed by atoms with van der Waals surface area (Å²) in [6.45, 7) is 1.28. The van der Waals surface area contributed by atoms with E-state index in [1.165, 1.54) is 0 Å². The number of carbonyl (C=O) groups is 1. The summed E-state index contributed by atoms with van der Waals surface area (Å²) in [5.41, 5.74) is 1.79. The Balaban J connectivity index is 1.88. The lowest BCUT2D eigenvalue weighted by Crippen LogP contribution is -2.30. The van der Waals surface area contributed by atoms with Gasteiger partial charge in [0.25, 0.3) is 0 Å². The molecule has 0 aliphatic rings. The number of rotatable bonds is 7. The zero-order chi connectivity index (χ0) is 20.1. The lowest BCUT2D eigenvalue weighted by molar-refractivity contribution is -0.274. The van der Waals surface area contributed by atoms with Gasteiger partial charge in [-0.25, -0.2) is 8.42 Å². The predicted octanol–water partition coefficient (Wildman–Crippen LogP) is 2.92. The largest absolute Gasteiger partial charge is 0.573 e. The molecule has 0 heterocycles. The minimum absolute atomic E-state index is 0.00960. The van der Waals surface area contributed by atoms with Gasteiger partial charge in [0.05, 0.1) is 4.90 Å². The fourth-order valence-electron chi connectivity index (χ4n) is 1.96. The van der Waals surface area contributed by atoms with Gasteiger partial charge >= 0.3 is 12.3 Å². The first-order chi connectivity index (χ1) is 12.5. The molecule has 0 aliphatic carbocycles. The van der Waals surface area contributed by atoms with E-state index in [2.05, 4.69) is 4.74 Å². The summed E-state index contributed by atoms with van der Waals surface area (Å²) < 4.78 is 71.1. The predicted molar refractivity (Wildman–Crippen MR) is 89.3 cm³/mol. The Morgan fingerprint density at radius 2 is 1.63 bits per heavy atom. The van der Waals surface area contributed by atoms with E-state index in [4.69, 9.17) is 4.74 Å². The zero-order valence-corrected chi connectivity index (χ0v) is 14.9. The Morgan fingerprint density at radius 3 is 2.19 bits per heavy atom. The van der Waals surface area contributed by atoms with E-state index >= 15 is 0 Å². The van der Waals surface area contributed by atoms with Gasteiger partial charge in [-0.1, -0.05) is 29.8 Å². The number of carbonyl (C=O) groups excluding carboxylic acids is 1. The first-order valence-corrected chi connectivity index (χ1v) is 9.10. The van der Waals surface area contributed by atoms with Crippen molar-refractivity contribution in [3.8, 4) is 5.75 Å². The van der Waals surface area contributed by atoms with Crippen molar-refractivity contribution in [2.24, 2.45) is 0 Å². The Hall–Kier alpha value is -2.59. The molecule has 0 amide bonds. The summed E-state index contributed by atoms with van der Waals surface area (Å²) in [5.74, 6) is -1.35. The molecule has 146 valence electrons. The van der Waals surface area contributed by atoms with E-state index in [1.807, 2.05) is 23.8 Å². The Morgan fingerprint density at radius 1 is 1.04 bits per heavy atom. The van der Waals surface area contributed by atoms with Crippen LogP contribution < -0.4 is 9.46 Å². The fraction of sp³-hybridized carbons (Fsp3) is 0.235. The molecular weight excluding hydrogens is 387 g/mol. The molecule has 0 aromatic heterocycles. The number of aryl methyl sites for hydroxylation is 1. The average Bonchev–Trinajstić information content (AvgIpc) is 2.58. The second-order valence-electron chi connectivity index (χ2n) is 5.49. The summed E-state index contributed by atoms with van der Waals surface area (Å²) in [4.78, 5) is 11.4. The topological polar surface area (TPSA) is 81.7 Å². The van der Waals surface area contributed by atoms with Gasteiger partial charge < -0.3 is 9.47 Å². The Kier molecular flexibility index (Phi) is 6.45. The van der Waals surface area contributed by atoms with Gasteiger partial charge in [0.1, 0.15) is 18.9 Å². The molecule has 0 atom stereocenters. The fourth-order valence-corrected chi connectivity index (χ4v) is 2.93. The minimum atomic E-state index is -4.88. The molecule has 2 aromatic carbocycles. The number of benzene rings is 2. The molecule has 0 bridgehead atoms. The average molecular weight is 403 g/mol. The molecule has 10 heteroatoms. The molecule has 0 spiro atoms. The molecule has 1 N–H and O–H groups in total. The third-order valence-corrected chi connectivity index (χ3v) is 4.71. The van der Waals surface area contributed by atoms with Gasteiger partial charge in [-0.15, -0.1) is 13.2 Å². The lowest BCUT2D eigenvalue weighted by atomic mass is 10.2. The second-order valence-corrected chi connectivity index (χ2v) is 7.26. The second kappa shape index (κ2) is 8.40. The third kappa shape index (κ3) is 6.91. The van der Waals surface area contributed by atoms with E-state index < -0.39 is 34.6 Å². The number of hydrogen-bond donors (Lipinski definition) is 1. The maximum absolute atomic E-state index is 12.1. The molecule has 2 aromatic rings. The number of sulfonamides is 1. The summed E-state index contributed by atoms with van der Waals surface area (Å²) in [6.07, 6.45) is -4.88. The van der Waals surface area contributed by atoms with Crippen molar-refractivity contribution in [2.75, 3.05) is 6.54 Å². The highest BCUT2D eigenvalue weighted by atomic mass is 32.2. The van der Waals surface area contributed by atoms with Crippen LogP contribution in [-0.2, 0) is 26.2 Å². The highest BCUT2D eigenvalue weighted by Gasteiger charge is 2.31. The molecule has 2 rings (SSSR count). The number of alkyl halides is 3. The standard InChI is InChI=1S/C17H16F3NO5S/c1-12-2-4-13(5-3-12)11-25-16(22)10-21-27(23,24)15-8-6-14(7-9-15)26-17(18,19)20/h2-9,21H,10-11H2,1H3. The SMILES string of the molecule is Cc1ccc(COC(=O)CNS(=O)(=O)c2ccc(OC(F)(F)F)cc2)cc1. The van der Waals surface area contributed by atoms with Gasteiger partial charge in [0, 0.05) is 0 Å². The number of hydrogen-bond acceptors (Lipinski definition) is 5. The smallest absolute Gasteiger partial charge is 0.460 e. The molecule has 0 unspecified atom stereocenters. The molecule has 0 aliphatic heterocycles. The van der Waals surface area contributed by atoms with Crippen LogP contribution in [-0.4, -0.2) is 27.3 Å². The zero-order valence-electron chi connectivity index (χ0n) is 14.1. The van der Waals surface area contributed by atoms with E-state index in [9.17, 15) is 26.4 Å². The van der Waals surface area contributed by atoms with Crippen molar-refractivity contribution < 1.29 is 35.9 Å². The van der Waals surface area contributed by atoms with Crippen LogP contribution in [0.15, 0.2) is 53.4 Å². The molecule has 0 saturated carbocycles. The first kappa shape index (κ1) is 20.7. The van der Waals surface area contributed by atoms with Gasteiger partial charge in [0.15, 0.2) is 0 Å². The highest BCUT2D eigenvalue weighted by molar-refractivity contribution is 7.89. The Bertz CT molecular complexity index is 878. The maximum Gasteiger partial charge on any atom is 0.573 e. The first-order valence-electron chi connectivity index (χ1n) is 7.62. The minimum Gasteiger partial charge on any atom is -0.460 e. The van der Waals surface area contributed by atoms with Crippen LogP contribution in [0.2, 0.25) is 0 Å². The third-order valence-electron chi connectivity index (χ3n) is 3.29. The van der Waals surface area contributed by atoms with Crippen LogP contribution in [0.25, 0.3) is 0 Å². The van der Waals surface area contributed by atoms with Crippen LogP contribution in [0.3, 0.4) is 0 Å². The van der Waals surface area contributed by atoms with Gasteiger partial charge in [0.2, 0.25) is 10.0 Å². The number of halogens is 3. The maximum atomic E-state index is 12.1. The van der Waals surface area contributed by atoms with Crippen LogP contribution in [0.5, 0.6) is 5.75 Å².